The lowest BCUT2D eigenvalue weighted by molar-refractivity contribution is -0.384. The molecule has 0 saturated carbocycles. The molecule has 0 atom stereocenters. The first kappa shape index (κ1) is 13.7. The fraction of sp³-hybridized carbons (Fsp3) is 0.500. The van der Waals surface area contributed by atoms with Crippen LogP contribution >= 0.6 is 0 Å². The van der Waals surface area contributed by atoms with Crippen molar-refractivity contribution in [2.24, 2.45) is 5.92 Å². The number of nitrogens with one attached hydrogen (secondary N) is 1. The molecule has 0 amide bonds. The van der Waals surface area contributed by atoms with E-state index in [1.165, 1.54) is 0 Å². The van der Waals surface area contributed by atoms with Crippen molar-refractivity contribution in [3.8, 4) is 0 Å². The van der Waals surface area contributed by atoms with Gasteiger partial charge in [0, 0.05) is 25.8 Å². The van der Waals surface area contributed by atoms with Gasteiger partial charge in [0.05, 0.1) is 4.92 Å². The zero-order valence-corrected chi connectivity index (χ0v) is 10.2. The van der Waals surface area contributed by atoms with Crippen molar-refractivity contribution in [3.63, 3.8) is 0 Å². The number of hydrogen-bond acceptors (Lipinski definition) is 4. The van der Waals surface area contributed by atoms with Crippen LogP contribution in [0.1, 0.15) is 12.8 Å². The predicted molar refractivity (Wildman–Crippen MR) is 65.0 cm³/mol. The molecule has 2 rings (SSSR count). The molecule has 1 N–H and O–H groups in total. The fourth-order valence-electron chi connectivity index (χ4n) is 2.06. The summed E-state index contributed by atoms with van der Waals surface area (Å²) in [5, 5.41) is 13.5. The Morgan fingerprint density at radius 1 is 1.37 bits per heavy atom. The molecule has 0 unspecified atom stereocenters. The molecule has 19 heavy (non-hydrogen) atoms. The van der Waals surface area contributed by atoms with Crippen molar-refractivity contribution in [2.45, 2.75) is 12.8 Å². The smallest absolute Gasteiger partial charge is 0.295 e. The van der Waals surface area contributed by atoms with Crippen molar-refractivity contribution in [2.75, 3.05) is 25.1 Å². The third-order valence-electron chi connectivity index (χ3n) is 3.18. The first-order valence-electron chi connectivity index (χ1n) is 6.03. The molecule has 1 aromatic carbocycles. The van der Waals surface area contributed by atoms with Gasteiger partial charge < -0.3 is 10.1 Å². The Morgan fingerprint density at radius 3 is 2.68 bits per heavy atom. The van der Waals surface area contributed by atoms with Crippen LogP contribution in [0.15, 0.2) is 12.1 Å². The third-order valence-corrected chi connectivity index (χ3v) is 3.18. The van der Waals surface area contributed by atoms with Crippen LogP contribution < -0.4 is 5.32 Å². The van der Waals surface area contributed by atoms with Gasteiger partial charge in [0.25, 0.3) is 5.69 Å². The van der Waals surface area contributed by atoms with E-state index in [1.54, 1.807) is 0 Å². The number of ether oxygens (including phenoxy) is 1. The van der Waals surface area contributed by atoms with Crippen molar-refractivity contribution in [1.82, 2.24) is 0 Å². The van der Waals surface area contributed by atoms with Crippen molar-refractivity contribution in [1.29, 1.82) is 0 Å². The highest BCUT2D eigenvalue weighted by atomic mass is 19.2. The SMILES string of the molecule is O=[N+]([O-])c1ccc(F)c(F)c1NCC1CCOCC1. The highest BCUT2D eigenvalue weighted by Gasteiger charge is 2.22. The Morgan fingerprint density at radius 2 is 2.05 bits per heavy atom. The summed E-state index contributed by atoms with van der Waals surface area (Å²) in [6.07, 6.45) is 1.61. The first-order valence-corrected chi connectivity index (χ1v) is 6.03. The van der Waals surface area contributed by atoms with E-state index < -0.39 is 22.2 Å². The number of nitrogens with zero attached hydrogens (tertiary/aromatic N) is 1. The first-order chi connectivity index (χ1) is 9.09. The lowest BCUT2D eigenvalue weighted by Crippen LogP contribution is -2.23. The van der Waals surface area contributed by atoms with Crippen LogP contribution in [0, 0.1) is 27.7 Å². The van der Waals surface area contributed by atoms with Gasteiger partial charge in [-0.05, 0) is 24.8 Å². The fourth-order valence-corrected chi connectivity index (χ4v) is 2.06. The molecular weight excluding hydrogens is 258 g/mol. The summed E-state index contributed by atoms with van der Waals surface area (Å²) in [6.45, 7) is 1.62. The van der Waals surface area contributed by atoms with Crippen molar-refractivity contribution in [3.05, 3.63) is 33.9 Å². The van der Waals surface area contributed by atoms with Gasteiger partial charge >= 0.3 is 0 Å². The number of rotatable bonds is 4. The molecule has 0 aliphatic carbocycles. The van der Waals surface area contributed by atoms with Gasteiger partial charge in [-0.1, -0.05) is 0 Å². The maximum Gasteiger partial charge on any atom is 0.295 e. The molecule has 1 aromatic rings. The lowest BCUT2D eigenvalue weighted by Gasteiger charge is -2.22. The summed E-state index contributed by atoms with van der Waals surface area (Å²) in [7, 11) is 0. The van der Waals surface area contributed by atoms with Crippen molar-refractivity contribution < 1.29 is 18.4 Å². The average molecular weight is 272 g/mol. The Balaban J connectivity index is 2.13. The molecule has 5 nitrogen and oxygen atoms in total. The number of anilines is 1. The van der Waals surface area contributed by atoms with Gasteiger partial charge in [-0.25, -0.2) is 8.78 Å². The quantitative estimate of drug-likeness (QED) is 0.676. The van der Waals surface area contributed by atoms with Gasteiger partial charge in [-0.15, -0.1) is 0 Å². The second-order valence-corrected chi connectivity index (χ2v) is 4.45. The van der Waals surface area contributed by atoms with Crippen LogP contribution in [-0.4, -0.2) is 24.7 Å². The maximum atomic E-state index is 13.6. The molecule has 1 heterocycles. The molecule has 0 spiro atoms. The molecule has 0 radical (unpaired) electrons. The summed E-state index contributed by atoms with van der Waals surface area (Å²) in [4.78, 5) is 10.1. The van der Waals surface area contributed by atoms with Crippen molar-refractivity contribution >= 4 is 11.4 Å². The molecule has 104 valence electrons. The third kappa shape index (κ3) is 3.17. The molecule has 1 aliphatic rings. The van der Waals surface area contributed by atoms with Crippen LogP contribution in [-0.2, 0) is 4.74 Å². The van der Waals surface area contributed by atoms with Gasteiger partial charge in [-0.2, -0.15) is 0 Å². The molecule has 1 fully saturated rings. The summed E-state index contributed by atoms with van der Waals surface area (Å²) < 4.78 is 31.9. The van der Waals surface area contributed by atoms with Gasteiger partial charge in [-0.3, -0.25) is 10.1 Å². The predicted octanol–water partition coefficient (Wildman–Crippen LogP) is 2.71. The highest BCUT2D eigenvalue weighted by molar-refractivity contribution is 5.62. The van der Waals surface area contributed by atoms with E-state index in [0.717, 1.165) is 25.0 Å². The molecule has 0 aromatic heterocycles. The molecule has 1 saturated heterocycles. The summed E-state index contributed by atoms with van der Waals surface area (Å²) in [6, 6.07) is 1.72. The number of hydrogen-bond donors (Lipinski definition) is 1. The van der Waals surface area contributed by atoms with E-state index in [1.807, 2.05) is 0 Å². The minimum absolute atomic E-state index is 0.246. The van der Waals surface area contributed by atoms with Gasteiger partial charge in [0.2, 0.25) is 0 Å². The summed E-state index contributed by atoms with van der Waals surface area (Å²) in [5.41, 5.74) is -0.831. The zero-order chi connectivity index (χ0) is 13.8. The topological polar surface area (TPSA) is 64.4 Å². The number of nitro benzene ring substituents is 1. The van der Waals surface area contributed by atoms with Gasteiger partial charge in [0.1, 0.15) is 0 Å². The van der Waals surface area contributed by atoms with E-state index in [9.17, 15) is 18.9 Å². The van der Waals surface area contributed by atoms with Crippen LogP contribution in [0.25, 0.3) is 0 Å². The zero-order valence-electron chi connectivity index (χ0n) is 10.2. The summed E-state index contributed by atoms with van der Waals surface area (Å²) in [5.74, 6) is -2.06. The molecule has 1 aliphatic heterocycles. The van der Waals surface area contributed by atoms with Crippen LogP contribution in [0.5, 0.6) is 0 Å². The largest absolute Gasteiger partial charge is 0.381 e. The van der Waals surface area contributed by atoms with E-state index >= 15 is 0 Å². The Kier molecular flexibility index (Phi) is 4.26. The second kappa shape index (κ2) is 5.92. The average Bonchev–Trinajstić information content (AvgIpc) is 2.41. The monoisotopic (exact) mass is 272 g/mol. The molecule has 0 bridgehead atoms. The number of nitro groups is 1. The number of benzene rings is 1. The van der Waals surface area contributed by atoms with Gasteiger partial charge in [0.15, 0.2) is 17.3 Å². The van der Waals surface area contributed by atoms with Crippen LogP contribution in [0.4, 0.5) is 20.2 Å². The van der Waals surface area contributed by atoms with E-state index in [0.29, 0.717) is 19.8 Å². The number of halogens is 2. The van der Waals surface area contributed by atoms with E-state index in [-0.39, 0.29) is 11.6 Å². The Bertz CT molecular complexity index is 476. The van der Waals surface area contributed by atoms with E-state index in [4.69, 9.17) is 4.74 Å². The second-order valence-electron chi connectivity index (χ2n) is 4.45. The van der Waals surface area contributed by atoms with Crippen LogP contribution in [0.2, 0.25) is 0 Å². The standard InChI is InChI=1S/C12H14F2N2O3/c13-9-1-2-10(16(17)18)12(11(9)14)15-7-8-3-5-19-6-4-8/h1-2,8,15H,3-7H2. The normalized spacial score (nSPS) is 16.3. The molecule has 7 heteroatoms. The summed E-state index contributed by atoms with van der Waals surface area (Å²) >= 11 is 0. The highest BCUT2D eigenvalue weighted by Crippen LogP contribution is 2.29. The van der Waals surface area contributed by atoms with Crippen LogP contribution in [0.3, 0.4) is 0 Å². The lowest BCUT2D eigenvalue weighted by atomic mass is 10.0. The minimum Gasteiger partial charge on any atom is -0.381 e. The molecular formula is C12H14F2N2O3. The minimum atomic E-state index is -1.21. The Hall–Kier alpha value is -1.76. The Labute approximate surface area is 108 Å². The van der Waals surface area contributed by atoms with E-state index in [2.05, 4.69) is 5.32 Å². The maximum absolute atomic E-state index is 13.6.